The molecule has 0 atom stereocenters. The fourth-order valence-electron chi connectivity index (χ4n) is 2.47. The number of nitrogens with zero attached hydrogens (tertiary/aromatic N) is 3. The first-order valence-electron chi connectivity index (χ1n) is 6.81. The summed E-state index contributed by atoms with van der Waals surface area (Å²) in [6.07, 6.45) is 3.45. The smallest absolute Gasteiger partial charge is 0.178 e. The van der Waals surface area contributed by atoms with Gasteiger partial charge in [-0.3, -0.25) is 0 Å². The van der Waals surface area contributed by atoms with Crippen molar-refractivity contribution in [2.45, 2.75) is 6.54 Å². The molecule has 4 heteroatoms. The zero-order valence-electron chi connectivity index (χ0n) is 11.3. The van der Waals surface area contributed by atoms with Crippen LogP contribution in [0.1, 0.15) is 5.56 Å². The number of imidazole rings is 1. The lowest BCUT2D eigenvalue weighted by molar-refractivity contribution is 0.572. The van der Waals surface area contributed by atoms with E-state index in [4.69, 9.17) is 4.42 Å². The SMILES string of the molecule is c1ccc(Cn2c(-c3ccco3)nc3cccnc32)cc1. The second-order valence-corrected chi connectivity index (χ2v) is 4.83. The third-order valence-electron chi connectivity index (χ3n) is 3.43. The molecule has 4 nitrogen and oxygen atoms in total. The fourth-order valence-corrected chi connectivity index (χ4v) is 2.47. The Morgan fingerprint density at radius 2 is 1.86 bits per heavy atom. The van der Waals surface area contributed by atoms with Gasteiger partial charge in [0, 0.05) is 6.20 Å². The molecule has 4 aromatic rings. The van der Waals surface area contributed by atoms with E-state index in [2.05, 4.69) is 26.7 Å². The van der Waals surface area contributed by atoms with E-state index in [0.29, 0.717) is 6.54 Å². The summed E-state index contributed by atoms with van der Waals surface area (Å²) in [4.78, 5) is 9.12. The van der Waals surface area contributed by atoms with Gasteiger partial charge in [0.05, 0.1) is 12.8 Å². The van der Waals surface area contributed by atoms with Crippen molar-refractivity contribution in [2.75, 3.05) is 0 Å². The molecule has 0 radical (unpaired) electrons. The standard InChI is InChI=1S/C17H13N3O/c1-2-6-13(7-3-1)12-20-16-14(8-4-10-18-16)19-17(20)15-9-5-11-21-15/h1-11H,12H2. The number of benzene rings is 1. The number of pyridine rings is 1. The number of fused-ring (bicyclic) bond motifs is 1. The molecule has 0 spiro atoms. The topological polar surface area (TPSA) is 43.9 Å². The predicted molar refractivity (Wildman–Crippen MR) is 80.8 cm³/mol. The van der Waals surface area contributed by atoms with Gasteiger partial charge in [-0.05, 0) is 29.8 Å². The van der Waals surface area contributed by atoms with Gasteiger partial charge in [0.15, 0.2) is 17.2 Å². The van der Waals surface area contributed by atoms with Gasteiger partial charge in [0.1, 0.15) is 5.52 Å². The van der Waals surface area contributed by atoms with Crippen molar-refractivity contribution in [3.05, 3.63) is 72.6 Å². The molecule has 0 saturated heterocycles. The van der Waals surface area contributed by atoms with Gasteiger partial charge in [-0.25, -0.2) is 9.97 Å². The highest BCUT2D eigenvalue weighted by Gasteiger charge is 2.15. The Balaban J connectivity index is 1.91. The van der Waals surface area contributed by atoms with Gasteiger partial charge in [0.2, 0.25) is 0 Å². The van der Waals surface area contributed by atoms with Crippen LogP contribution in [0.5, 0.6) is 0 Å². The summed E-state index contributed by atoms with van der Waals surface area (Å²) in [7, 11) is 0. The van der Waals surface area contributed by atoms with Crippen molar-refractivity contribution in [3.8, 4) is 11.6 Å². The molecule has 0 unspecified atom stereocenters. The van der Waals surface area contributed by atoms with Gasteiger partial charge in [-0.1, -0.05) is 30.3 Å². The van der Waals surface area contributed by atoms with Crippen LogP contribution < -0.4 is 0 Å². The maximum atomic E-state index is 5.52. The van der Waals surface area contributed by atoms with Crippen LogP contribution in [-0.4, -0.2) is 14.5 Å². The summed E-state index contributed by atoms with van der Waals surface area (Å²) in [6, 6.07) is 17.9. The quantitative estimate of drug-likeness (QED) is 0.572. The Morgan fingerprint density at radius 3 is 2.67 bits per heavy atom. The van der Waals surface area contributed by atoms with E-state index in [1.807, 2.05) is 42.5 Å². The fraction of sp³-hybridized carbons (Fsp3) is 0.0588. The van der Waals surface area contributed by atoms with Crippen LogP contribution in [0.3, 0.4) is 0 Å². The lowest BCUT2D eigenvalue weighted by Crippen LogP contribution is -2.02. The van der Waals surface area contributed by atoms with Crippen LogP contribution in [0.15, 0.2) is 71.5 Å². The highest BCUT2D eigenvalue weighted by atomic mass is 16.3. The first kappa shape index (κ1) is 11.9. The van der Waals surface area contributed by atoms with Crippen molar-refractivity contribution in [2.24, 2.45) is 0 Å². The molecule has 0 N–H and O–H groups in total. The summed E-state index contributed by atoms with van der Waals surface area (Å²) in [5.41, 5.74) is 2.95. The lowest BCUT2D eigenvalue weighted by Gasteiger charge is -2.07. The van der Waals surface area contributed by atoms with Gasteiger partial charge in [-0.15, -0.1) is 0 Å². The van der Waals surface area contributed by atoms with E-state index in [-0.39, 0.29) is 0 Å². The zero-order valence-corrected chi connectivity index (χ0v) is 11.3. The first-order chi connectivity index (χ1) is 10.4. The molecule has 102 valence electrons. The maximum absolute atomic E-state index is 5.52. The first-order valence-corrected chi connectivity index (χ1v) is 6.81. The summed E-state index contributed by atoms with van der Waals surface area (Å²) in [5.74, 6) is 1.56. The average molecular weight is 275 g/mol. The van der Waals surface area contributed by atoms with E-state index in [1.165, 1.54) is 5.56 Å². The number of hydrogen-bond donors (Lipinski definition) is 0. The molecular weight excluding hydrogens is 262 g/mol. The lowest BCUT2D eigenvalue weighted by atomic mass is 10.2. The molecule has 0 fully saturated rings. The molecule has 4 rings (SSSR count). The zero-order chi connectivity index (χ0) is 14.1. The number of hydrogen-bond acceptors (Lipinski definition) is 3. The molecule has 0 amide bonds. The molecule has 21 heavy (non-hydrogen) atoms. The van der Waals surface area contributed by atoms with E-state index in [0.717, 1.165) is 22.7 Å². The van der Waals surface area contributed by atoms with Gasteiger partial charge >= 0.3 is 0 Å². The van der Waals surface area contributed by atoms with E-state index < -0.39 is 0 Å². The average Bonchev–Trinajstić information content (AvgIpc) is 3.16. The summed E-state index contributed by atoms with van der Waals surface area (Å²) < 4.78 is 7.60. The van der Waals surface area contributed by atoms with Crippen LogP contribution in [-0.2, 0) is 6.54 Å². The Bertz CT molecular complexity index is 864. The molecule has 0 bridgehead atoms. The van der Waals surface area contributed by atoms with Crippen LogP contribution >= 0.6 is 0 Å². The van der Waals surface area contributed by atoms with Crippen molar-refractivity contribution < 1.29 is 4.42 Å². The monoisotopic (exact) mass is 275 g/mol. The van der Waals surface area contributed by atoms with Crippen LogP contribution in [0.4, 0.5) is 0 Å². The Morgan fingerprint density at radius 1 is 0.952 bits per heavy atom. The third-order valence-corrected chi connectivity index (χ3v) is 3.43. The van der Waals surface area contributed by atoms with Gasteiger partial charge in [0.25, 0.3) is 0 Å². The van der Waals surface area contributed by atoms with Crippen molar-refractivity contribution >= 4 is 11.2 Å². The molecular formula is C17H13N3O. The third kappa shape index (κ3) is 2.10. The van der Waals surface area contributed by atoms with Crippen LogP contribution in [0.2, 0.25) is 0 Å². The predicted octanol–water partition coefficient (Wildman–Crippen LogP) is 3.74. The highest BCUT2D eigenvalue weighted by molar-refractivity contribution is 5.76. The number of furan rings is 1. The minimum absolute atomic E-state index is 0.713. The van der Waals surface area contributed by atoms with Crippen molar-refractivity contribution in [1.82, 2.24) is 14.5 Å². The second-order valence-electron chi connectivity index (χ2n) is 4.83. The van der Waals surface area contributed by atoms with Gasteiger partial charge in [-0.2, -0.15) is 0 Å². The van der Waals surface area contributed by atoms with Crippen molar-refractivity contribution in [1.29, 1.82) is 0 Å². The van der Waals surface area contributed by atoms with E-state index in [9.17, 15) is 0 Å². The van der Waals surface area contributed by atoms with Crippen LogP contribution in [0.25, 0.3) is 22.7 Å². The van der Waals surface area contributed by atoms with E-state index in [1.54, 1.807) is 12.5 Å². The van der Waals surface area contributed by atoms with Crippen LogP contribution in [0, 0.1) is 0 Å². The second kappa shape index (κ2) is 4.90. The summed E-state index contributed by atoms with van der Waals surface area (Å²) in [6.45, 7) is 0.713. The maximum Gasteiger partial charge on any atom is 0.178 e. The summed E-state index contributed by atoms with van der Waals surface area (Å²) in [5, 5.41) is 0. The molecule has 0 saturated carbocycles. The molecule has 0 aliphatic carbocycles. The Labute approximate surface area is 121 Å². The Kier molecular flexibility index (Phi) is 2.78. The Hall–Kier alpha value is -2.88. The van der Waals surface area contributed by atoms with Crippen molar-refractivity contribution in [3.63, 3.8) is 0 Å². The molecule has 0 aliphatic heterocycles. The number of aromatic nitrogens is 3. The summed E-state index contributed by atoms with van der Waals surface area (Å²) >= 11 is 0. The molecule has 1 aromatic carbocycles. The highest BCUT2D eigenvalue weighted by Crippen LogP contribution is 2.24. The minimum Gasteiger partial charge on any atom is -0.461 e. The van der Waals surface area contributed by atoms with E-state index >= 15 is 0 Å². The molecule has 0 aliphatic rings. The number of rotatable bonds is 3. The minimum atomic E-state index is 0.713. The molecule has 3 heterocycles. The molecule has 3 aromatic heterocycles. The van der Waals surface area contributed by atoms with Gasteiger partial charge < -0.3 is 8.98 Å². The normalized spacial score (nSPS) is 11.0. The largest absolute Gasteiger partial charge is 0.461 e.